The van der Waals surface area contributed by atoms with E-state index in [1.807, 2.05) is 20.8 Å². The first-order chi connectivity index (χ1) is 18.0. The van der Waals surface area contributed by atoms with Crippen LogP contribution in [0.1, 0.15) is 51.0 Å². The largest absolute Gasteiger partial charge is 0.497 e. The number of carbonyl (C=O) groups excluding carboxylic acids is 3. The summed E-state index contributed by atoms with van der Waals surface area (Å²) in [5.74, 6) is 0.748. The molecule has 10 nitrogen and oxygen atoms in total. The van der Waals surface area contributed by atoms with Gasteiger partial charge in [-0.3, -0.25) is 19.3 Å². The molecule has 3 amide bonds. The molecular weight excluding hydrogens is 488 g/mol. The Morgan fingerprint density at radius 2 is 1.66 bits per heavy atom. The Bertz CT molecular complexity index is 1260. The van der Waals surface area contributed by atoms with E-state index in [2.05, 4.69) is 15.8 Å². The van der Waals surface area contributed by atoms with Gasteiger partial charge in [0.25, 0.3) is 0 Å². The average molecular weight is 523 g/mol. The zero-order valence-electron chi connectivity index (χ0n) is 22.5. The Kier molecular flexibility index (Phi) is 9.11. The van der Waals surface area contributed by atoms with Crippen molar-refractivity contribution in [1.29, 1.82) is 0 Å². The number of aryl methyl sites for hydroxylation is 1. The molecule has 2 N–H and O–H groups in total. The van der Waals surface area contributed by atoms with Gasteiger partial charge < -0.3 is 24.6 Å². The van der Waals surface area contributed by atoms with Crippen molar-refractivity contribution >= 4 is 29.2 Å². The zero-order valence-corrected chi connectivity index (χ0v) is 22.5. The minimum absolute atomic E-state index is 0.124. The SMILES string of the molecule is COc1ccc([C@H](C(=O)NC(C)(C)C)N(C(=O)CCC(=O)Nc2cc(C)on2)c2cccc(OC)c2)cc1. The summed E-state index contributed by atoms with van der Waals surface area (Å²) >= 11 is 0. The number of hydrogen-bond donors (Lipinski definition) is 2. The molecule has 0 aliphatic heterocycles. The maximum atomic E-state index is 13.8. The second-order valence-corrected chi connectivity index (χ2v) is 9.75. The van der Waals surface area contributed by atoms with Crippen LogP contribution < -0.4 is 25.0 Å². The van der Waals surface area contributed by atoms with Crippen molar-refractivity contribution in [1.82, 2.24) is 10.5 Å². The van der Waals surface area contributed by atoms with E-state index in [0.717, 1.165) is 0 Å². The molecule has 0 aliphatic rings. The zero-order chi connectivity index (χ0) is 27.9. The quantitative estimate of drug-likeness (QED) is 0.404. The van der Waals surface area contributed by atoms with E-state index in [4.69, 9.17) is 14.0 Å². The highest BCUT2D eigenvalue weighted by molar-refractivity contribution is 6.03. The number of nitrogens with zero attached hydrogens (tertiary/aromatic N) is 2. The summed E-state index contributed by atoms with van der Waals surface area (Å²) in [4.78, 5) is 41.4. The number of hydrogen-bond acceptors (Lipinski definition) is 7. The minimum Gasteiger partial charge on any atom is -0.497 e. The average Bonchev–Trinajstić information content (AvgIpc) is 3.28. The standard InChI is InChI=1S/C28H34N4O6/c1-18-16-23(31-38-18)29-24(33)14-15-25(34)32(20-8-7-9-22(17-20)37-6)26(27(35)30-28(2,3)4)19-10-12-21(36-5)13-11-19/h7-13,16-17,26H,14-15H2,1-6H3,(H,30,35)(H,29,31,33)/t26-/m1/s1. The molecule has 0 radical (unpaired) electrons. The first-order valence-electron chi connectivity index (χ1n) is 12.2. The van der Waals surface area contributed by atoms with Gasteiger partial charge in [-0.2, -0.15) is 0 Å². The third-order valence-corrected chi connectivity index (χ3v) is 5.50. The van der Waals surface area contributed by atoms with Gasteiger partial charge in [-0.05, 0) is 57.5 Å². The Morgan fingerprint density at radius 3 is 2.24 bits per heavy atom. The molecule has 38 heavy (non-hydrogen) atoms. The van der Waals surface area contributed by atoms with Gasteiger partial charge in [-0.15, -0.1) is 0 Å². The second-order valence-electron chi connectivity index (χ2n) is 9.75. The lowest BCUT2D eigenvalue weighted by molar-refractivity contribution is -0.128. The predicted molar refractivity (Wildman–Crippen MR) is 143 cm³/mol. The number of anilines is 2. The van der Waals surface area contributed by atoms with Gasteiger partial charge in [-0.25, -0.2) is 0 Å². The van der Waals surface area contributed by atoms with Crippen molar-refractivity contribution < 1.29 is 28.4 Å². The summed E-state index contributed by atoms with van der Waals surface area (Å²) in [5.41, 5.74) is 0.471. The highest BCUT2D eigenvalue weighted by Crippen LogP contribution is 2.32. The lowest BCUT2D eigenvalue weighted by Gasteiger charge is -2.34. The molecule has 3 rings (SSSR count). The summed E-state index contributed by atoms with van der Waals surface area (Å²) in [5, 5.41) is 9.35. The number of carbonyl (C=O) groups is 3. The molecule has 0 bridgehead atoms. The first-order valence-corrected chi connectivity index (χ1v) is 12.2. The van der Waals surface area contributed by atoms with Gasteiger partial charge in [-0.1, -0.05) is 23.4 Å². The number of nitrogens with one attached hydrogen (secondary N) is 2. The minimum atomic E-state index is -1.03. The predicted octanol–water partition coefficient (Wildman–Crippen LogP) is 4.41. The van der Waals surface area contributed by atoms with Crippen molar-refractivity contribution in [2.24, 2.45) is 0 Å². The van der Waals surface area contributed by atoms with Crippen LogP contribution in [0, 0.1) is 6.92 Å². The molecule has 1 atom stereocenters. The fourth-order valence-electron chi connectivity index (χ4n) is 3.81. The molecule has 2 aromatic carbocycles. The van der Waals surface area contributed by atoms with Crippen LogP contribution in [0.5, 0.6) is 11.5 Å². The van der Waals surface area contributed by atoms with Crippen molar-refractivity contribution in [3.8, 4) is 11.5 Å². The fourth-order valence-corrected chi connectivity index (χ4v) is 3.81. The molecule has 0 spiro atoms. The number of methoxy groups -OCH3 is 2. The summed E-state index contributed by atoms with van der Waals surface area (Å²) in [6.45, 7) is 7.30. The van der Waals surface area contributed by atoms with Crippen LogP contribution in [0.4, 0.5) is 11.5 Å². The van der Waals surface area contributed by atoms with E-state index in [1.54, 1.807) is 68.6 Å². The number of amides is 3. The third-order valence-electron chi connectivity index (χ3n) is 5.50. The van der Waals surface area contributed by atoms with Gasteiger partial charge in [0.2, 0.25) is 17.7 Å². The van der Waals surface area contributed by atoms with Gasteiger partial charge in [0.05, 0.1) is 14.2 Å². The molecule has 0 fully saturated rings. The lowest BCUT2D eigenvalue weighted by Crippen LogP contribution is -2.49. The number of rotatable bonds is 10. The van der Waals surface area contributed by atoms with E-state index >= 15 is 0 Å². The van der Waals surface area contributed by atoms with Gasteiger partial charge in [0.1, 0.15) is 23.3 Å². The van der Waals surface area contributed by atoms with Gasteiger partial charge in [0.15, 0.2) is 5.82 Å². The molecule has 0 saturated heterocycles. The van der Waals surface area contributed by atoms with Crippen LogP contribution in [-0.4, -0.2) is 42.6 Å². The maximum absolute atomic E-state index is 13.8. The number of aromatic nitrogens is 1. The van der Waals surface area contributed by atoms with E-state index in [9.17, 15) is 14.4 Å². The summed E-state index contributed by atoms with van der Waals surface area (Å²) < 4.78 is 15.6. The summed E-state index contributed by atoms with van der Waals surface area (Å²) in [6.07, 6.45) is -0.281. The Labute approximate surface area is 222 Å². The van der Waals surface area contributed by atoms with E-state index < -0.39 is 23.4 Å². The smallest absolute Gasteiger partial charge is 0.248 e. The highest BCUT2D eigenvalue weighted by atomic mass is 16.5. The van der Waals surface area contributed by atoms with Crippen LogP contribution in [0.15, 0.2) is 59.1 Å². The number of benzene rings is 2. The topological polar surface area (TPSA) is 123 Å². The molecule has 0 saturated carbocycles. The van der Waals surface area contributed by atoms with E-state index in [0.29, 0.717) is 28.5 Å². The number of ether oxygens (including phenoxy) is 2. The normalized spacial score (nSPS) is 11.8. The Hall–Kier alpha value is -4.34. The lowest BCUT2D eigenvalue weighted by atomic mass is 10.00. The summed E-state index contributed by atoms with van der Waals surface area (Å²) in [6, 6.07) is 14.4. The van der Waals surface area contributed by atoms with Crippen LogP contribution in [-0.2, 0) is 14.4 Å². The van der Waals surface area contributed by atoms with Crippen molar-refractivity contribution in [2.75, 3.05) is 24.4 Å². The van der Waals surface area contributed by atoms with Crippen molar-refractivity contribution in [3.05, 3.63) is 65.9 Å². The summed E-state index contributed by atoms with van der Waals surface area (Å²) in [7, 11) is 3.07. The molecule has 1 aromatic heterocycles. The van der Waals surface area contributed by atoms with Gasteiger partial charge in [0, 0.05) is 36.2 Å². The second kappa shape index (κ2) is 12.3. The molecule has 202 valence electrons. The van der Waals surface area contributed by atoms with Crippen LogP contribution in [0.3, 0.4) is 0 Å². The highest BCUT2D eigenvalue weighted by Gasteiger charge is 2.34. The molecule has 0 aliphatic carbocycles. The van der Waals surface area contributed by atoms with Crippen LogP contribution >= 0.6 is 0 Å². The fraction of sp³-hybridized carbons (Fsp3) is 0.357. The molecule has 1 heterocycles. The van der Waals surface area contributed by atoms with Crippen molar-refractivity contribution in [2.45, 2.75) is 52.1 Å². The van der Waals surface area contributed by atoms with Crippen LogP contribution in [0.25, 0.3) is 0 Å². The molecule has 10 heteroatoms. The Balaban J connectivity index is 1.98. The maximum Gasteiger partial charge on any atom is 0.248 e. The van der Waals surface area contributed by atoms with Gasteiger partial charge >= 0.3 is 0 Å². The van der Waals surface area contributed by atoms with E-state index in [1.165, 1.54) is 12.0 Å². The third kappa shape index (κ3) is 7.58. The first kappa shape index (κ1) is 28.2. The molecular formula is C28H34N4O6. The van der Waals surface area contributed by atoms with Crippen LogP contribution in [0.2, 0.25) is 0 Å². The monoisotopic (exact) mass is 522 g/mol. The molecule has 0 unspecified atom stereocenters. The van der Waals surface area contributed by atoms with Crippen molar-refractivity contribution in [3.63, 3.8) is 0 Å². The molecule has 3 aromatic rings. The Morgan fingerprint density at radius 1 is 0.974 bits per heavy atom. The van der Waals surface area contributed by atoms with E-state index in [-0.39, 0.29) is 24.6 Å².